The number of carbonyl (C=O) groups excluding carboxylic acids is 1. The van der Waals surface area contributed by atoms with Crippen LogP contribution < -0.4 is 0 Å². The van der Waals surface area contributed by atoms with E-state index in [1.807, 2.05) is 12.2 Å². The number of carbonyl (C=O) groups is 1. The topological polar surface area (TPSA) is 17.1 Å². The summed E-state index contributed by atoms with van der Waals surface area (Å²) in [5, 5.41) is 0. The van der Waals surface area contributed by atoms with Crippen molar-refractivity contribution in [1.29, 1.82) is 0 Å². The molecule has 0 saturated heterocycles. The average Bonchev–Trinajstić information content (AvgIpc) is 2.61. The first-order valence-corrected chi connectivity index (χ1v) is 4.95. The fourth-order valence-electron chi connectivity index (χ4n) is 1.87. The molecule has 0 aromatic rings. The van der Waals surface area contributed by atoms with Crippen LogP contribution in [0.4, 0.5) is 0 Å². The van der Waals surface area contributed by atoms with E-state index in [1.165, 1.54) is 6.42 Å². The van der Waals surface area contributed by atoms with Gasteiger partial charge in [-0.3, -0.25) is 4.79 Å². The van der Waals surface area contributed by atoms with Gasteiger partial charge in [0.25, 0.3) is 0 Å². The highest BCUT2D eigenvalue weighted by Gasteiger charge is 2.15. The fraction of sp³-hybridized carbons (Fsp3) is 0.417. The third kappa shape index (κ3) is 1.97. The highest BCUT2D eigenvalue weighted by molar-refractivity contribution is 5.96. The fourth-order valence-corrected chi connectivity index (χ4v) is 1.87. The van der Waals surface area contributed by atoms with Crippen molar-refractivity contribution in [3.8, 4) is 0 Å². The summed E-state index contributed by atoms with van der Waals surface area (Å²) in [6, 6.07) is 0. The van der Waals surface area contributed by atoms with Gasteiger partial charge in [-0.15, -0.1) is 0 Å². The minimum atomic E-state index is 0.361. The van der Waals surface area contributed by atoms with Gasteiger partial charge in [0, 0.05) is 12.3 Å². The monoisotopic (exact) mass is 174 g/mol. The van der Waals surface area contributed by atoms with Crippen molar-refractivity contribution in [1.82, 2.24) is 0 Å². The van der Waals surface area contributed by atoms with E-state index in [4.69, 9.17) is 0 Å². The molecule has 0 aliphatic heterocycles. The Bertz CT molecular complexity index is 282. The summed E-state index contributed by atoms with van der Waals surface area (Å²) >= 11 is 0. The molecule has 2 aliphatic carbocycles. The van der Waals surface area contributed by atoms with E-state index in [2.05, 4.69) is 18.2 Å². The first-order valence-electron chi connectivity index (χ1n) is 4.95. The summed E-state index contributed by atoms with van der Waals surface area (Å²) < 4.78 is 0. The Balaban J connectivity index is 2.09. The minimum absolute atomic E-state index is 0.361. The quantitative estimate of drug-likeness (QED) is 0.559. The first kappa shape index (κ1) is 8.49. The van der Waals surface area contributed by atoms with Gasteiger partial charge < -0.3 is 0 Å². The Morgan fingerprint density at radius 1 is 1.15 bits per heavy atom. The summed E-state index contributed by atoms with van der Waals surface area (Å²) in [4.78, 5) is 11.5. The van der Waals surface area contributed by atoms with Crippen LogP contribution in [0.1, 0.15) is 25.7 Å². The summed E-state index contributed by atoms with van der Waals surface area (Å²) in [6.07, 6.45) is 14.4. The standard InChI is InChI=1S/C12H14O/c13-12-8-4-3-7-11(12)9-10-5-1-2-6-10/h1-2,5-6,9-10H,3-4,7-8H2. The van der Waals surface area contributed by atoms with Crippen molar-refractivity contribution in [3.63, 3.8) is 0 Å². The molecule has 2 aliphatic rings. The van der Waals surface area contributed by atoms with Gasteiger partial charge in [-0.05, 0) is 24.8 Å². The van der Waals surface area contributed by atoms with Crippen molar-refractivity contribution >= 4 is 5.78 Å². The van der Waals surface area contributed by atoms with Crippen LogP contribution in [-0.2, 0) is 4.79 Å². The molecule has 0 amide bonds. The van der Waals surface area contributed by atoms with Crippen molar-refractivity contribution in [3.05, 3.63) is 36.0 Å². The molecule has 1 fully saturated rings. The predicted octanol–water partition coefficient (Wildman–Crippen LogP) is 2.80. The lowest BCUT2D eigenvalue weighted by atomic mass is 9.91. The zero-order valence-electron chi connectivity index (χ0n) is 7.70. The van der Waals surface area contributed by atoms with Gasteiger partial charge in [0.1, 0.15) is 0 Å². The maximum absolute atomic E-state index is 11.5. The molecule has 0 aromatic carbocycles. The predicted molar refractivity (Wildman–Crippen MR) is 53.3 cm³/mol. The van der Waals surface area contributed by atoms with Crippen LogP contribution in [0.3, 0.4) is 0 Å². The van der Waals surface area contributed by atoms with Gasteiger partial charge in [0.05, 0.1) is 0 Å². The van der Waals surface area contributed by atoms with Crippen LogP contribution >= 0.6 is 0 Å². The number of Topliss-reactive ketones (excluding diaryl/α,β-unsaturated/α-hetero) is 1. The third-order valence-electron chi connectivity index (χ3n) is 2.63. The van der Waals surface area contributed by atoms with E-state index < -0.39 is 0 Å². The summed E-state index contributed by atoms with van der Waals surface area (Å²) in [6.45, 7) is 0. The first-order chi connectivity index (χ1) is 6.36. The number of ketones is 1. The molecule has 1 saturated carbocycles. The molecule has 0 N–H and O–H groups in total. The van der Waals surface area contributed by atoms with E-state index >= 15 is 0 Å². The molecule has 1 heteroatoms. The van der Waals surface area contributed by atoms with Gasteiger partial charge in [-0.2, -0.15) is 0 Å². The Labute approximate surface area is 78.8 Å². The molecule has 0 bridgehead atoms. The van der Waals surface area contributed by atoms with Gasteiger partial charge >= 0.3 is 0 Å². The Hall–Kier alpha value is -1.11. The molecular weight excluding hydrogens is 160 g/mol. The molecule has 1 nitrogen and oxygen atoms in total. The smallest absolute Gasteiger partial charge is 0.158 e. The number of hydrogen-bond acceptors (Lipinski definition) is 1. The molecule has 0 spiro atoms. The van der Waals surface area contributed by atoms with Gasteiger partial charge in [0.2, 0.25) is 0 Å². The van der Waals surface area contributed by atoms with Crippen LogP contribution in [0.2, 0.25) is 0 Å². The zero-order chi connectivity index (χ0) is 9.10. The van der Waals surface area contributed by atoms with E-state index in [9.17, 15) is 4.79 Å². The van der Waals surface area contributed by atoms with E-state index in [0.717, 1.165) is 24.8 Å². The average molecular weight is 174 g/mol. The molecule has 0 unspecified atom stereocenters. The maximum Gasteiger partial charge on any atom is 0.158 e. The highest BCUT2D eigenvalue weighted by atomic mass is 16.1. The van der Waals surface area contributed by atoms with E-state index in [1.54, 1.807) is 0 Å². The van der Waals surface area contributed by atoms with Gasteiger partial charge in [-0.25, -0.2) is 0 Å². The number of rotatable bonds is 1. The van der Waals surface area contributed by atoms with Crippen LogP contribution in [-0.4, -0.2) is 5.78 Å². The minimum Gasteiger partial charge on any atom is -0.295 e. The summed E-state index contributed by atoms with van der Waals surface area (Å²) in [5.41, 5.74) is 1.05. The lowest BCUT2D eigenvalue weighted by molar-refractivity contribution is -0.116. The molecular formula is C12H14O. The number of hydrogen-bond donors (Lipinski definition) is 0. The van der Waals surface area contributed by atoms with E-state index in [-0.39, 0.29) is 0 Å². The molecule has 68 valence electrons. The molecule has 2 rings (SSSR count). The second-order valence-corrected chi connectivity index (χ2v) is 3.67. The van der Waals surface area contributed by atoms with Crippen molar-refractivity contribution < 1.29 is 4.79 Å². The third-order valence-corrected chi connectivity index (χ3v) is 2.63. The largest absolute Gasteiger partial charge is 0.295 e. The molecule has 13 heavy (non-hydrogen) atoms. The van der Waals surface area contributed by atoms with E-state index in [0.29, 0.717) is 11.7 Å². The normalized spacial score (nSPS) is 26.2. The molecule has 0 atom stereocenters. The lowest BCUT2D eigenvalue weighted by Gasteiger charge is -2.13. The summed E-state index contributed by atoms with van der Waals surface area (Å²) in [5.74, 6) is 0.733. The Morgan fingerprint density at radius 2 is 1.85 bits per heavy atom. The maximum atomic E-state index is 11.5. The van der Waals surface area contributed by atoms with Crippen molar-refractivity contribution in [2.75, 3.05) is 0 Å². The van der Waals surface area contributed by atoms with Crippen LogP contribution in [0.5, 0.6) is 0 Å². The SMILES string of the molecule is O=C1CCCCC1=CC1C=CC=C1. The molecule has 0 radical (unpaired) electrons. The zero-order valence-corrected chi connectivity index (χ0v) is 7.70. The lowest BCUT2D eigenvalue weighted by Crippen LogP contribution is -2.09. The highest BCUT2D eigenvalue weighted by Crippen LogP contribution is 2.23. The van der Waals surface area contributed by atoms with Crippen molar-refractivity contribution in [2.24, 2.45) is 5.92 Å². The van der Waals surface area contributed by atoms with Crippen molar-refractivity contribution in [2.45, 2.75) is 25.7 Å². The Morgan fingerprint density at radius 3 is 2.54 bits per heavy atom. The second-order valence-electron chi connectivity index (χ2n) is 3.67. The summed E-state index contributed by atoms with van der Waals surface area (Å²) in [7, 11) is 0. The van der Waals surface area contributed by atoms with Crippen LogP contribution in [0.25, 0.3) is 0 Å². The molecule has 0 aromatic heterocycles. The van der Waals surface area contributed by atoms with Gasteiger partial charge in [0.15, 0.2) is 5.78 Å². The van der Waals surface area contributed by atoms with Crippen LogP contribution in [0, 0.1) is 5.92 Å². The second kappa shape index (κ2) is 3.73. The Kier molecular flexibility index (Phi) is 2.44. The van der Waals surface area contributed by atoms with Crippen LogP contribution in [0.15, 0.2) is 36.0 Å². The number of allylic oxidation sites excluding steroid dienone is 6. The molecule has 0 heterocycles. The van der Waals surface area contributed by atoms with Gasteiger partial charge in [-0.1, -0.05) is 30.4 Å².